The lowest BCUT2D eigenvalue weighted by molar-refractivity contribution is -0.145. The summed E-state index contributed by atoms with van der Waals surface area (Å²) in [5, 5.41) is 41.7. The van der Waals surface area contributed by atoms with E-state index in [0.717, 1.165) is 45.5 Å². The lowest BCUT2D eigenvalue weighted by Gasteiger charge is -2.35. The van der Waals surface area contributed by atoms with Crippen LogP contribution >= 0.6 is 0 Å². The van der Waals surface area contributed by atoms with E-state index in [4.69, 9.17) is 19.3 Å². The molecule has 0 bridgehead atoms. The molecule has 19 heteroatoms. The normalized spacial score (nSPS) is 20.5. The highest BCUT2D eigenvalue weighted by Gasteiger charge is 2.32. The first kappa shape index (κ1) is 51.5. The van der Waals surface area contributed by atoms with Crippen molar-refractivity contribution in [3.05, 3.63) is 12.2 Å². The molecule has 0 aromatic heterocycles. The molecule has 0 radical (unpaired) electrons. The molecule has 0 spiro atoms. The summed E-state index contributed by atoms with van der Waals surface area (Å²) >= 11 is 0. The SMILES string of the molecule is CO.C[C@@]1(C(=O)NCCOCCOCCOCCNC(=O)CCC(C(=O)O)N2CCN(CC(=O)O)CCN(CC=O)CCN(CC(=O)O)CC2)CC/C=C/CCC1. The minimum Gasteiger partial charge on any atom is -0.480 e. The van der Waals surface area contributed by atoms with E-state index in [1.807, 2.05) is 11.8 Å². The van der Waals surface area contributed by atoms with Crippen molar-refractivity contribution in [2.75, 3.05) is 132 Å². The maximum absolute atomic E-state index is 12.7. The van der Waals surface area contributed by atoms with Gasteiger partial charge in [-0.2, -0.15) is 0 Å². The van der Waals surface area contributed by atoms with E-state index in [0.29, 0.717) is 65.8 Å². The van der Waals surface area contributed by atoms with Gasteiger partial charge < -0.3 is 50.1 Å². The van der Waals surface area contributed by atoms with Crippen LogP contribution in [-0.4, -0.2) is 214 Å². The lowest BCUT2D eigenvalue weighted by atomic mass is 9.78. The predicted molar refractivity (Wildman–Crippen MR) is 210 cm³/mol. The number of nitrogens with one attached hydrogen (secondary N) is 2. The average Bonchev–Trinajstić information content (AvgIpc) is 3.16. The number of nitrogens with zero attached hydrogens (tertiary/aromatic N) is 4. The highest BCUT2D eigenvalue weighted by Crippen LogP contribution is 2.32. The van der Waals surface area contributed by atoms with Crippen molar-refractivity contribution in [2.24, 2.45) is 5.41 Å². The van der Waals surface area contributed by atoms with Crippen molar-refractivity contribution in [1.29, 1.82) is 0 Å². The molecule has 1 unspecified atom stereocenters. The smallest absolute Gasteiger partial charge is 0.320 e. The highest BCUT2D eigenvalue weighted by molar-refractivity contribution is 5.82. The van der Waals surface area contributed by atoms with Crippen LogP contribution in [0.3, 0.4) is 0 Å². The minimum atomic E-state index is -1.14. The molecular formula is C38H68N6O13. The van der Waals surface area contributed by atoms with Crippen molar-refractivity contribution < 1.29 is 63.4 Å². The van der Waals surface area contributed by atoms with Crippen LogP contribution in [0.4, 0.5) is 0 Å². The topological polar surface area (TPSA) is 248 Å². The molecule has 1 aliphatic carbocycles. The third-order valence-corrected chi connectivity index (χ3v) is 9.81. The number of carboxylic acid groups (broad SMARTS) is 3. The molecule has 2 aliphatic rings. The first-order valence-electron chi connectivity index (χ1n) is 19.8. The van der Waals surface area contributed by atoms with E-state index in [1.54, 1.807) is 14.7 Å². The Morgan fingerprint density at radius 3 is 1.72 bits per heavy atom. The molecule has 0 saturated carbocycles. The van der Waals surface area contributed by atoms with Crippen LogP contribution in [0.1, 0.15) is 51.9 Å². The zero-order valence-electron chi connectivity index (χ0n) is 33.9. The number of aliphatic hydroxyl groups is 1. The molecule has 19 nitrogen and oxygen atoms in total. The van der Waals surface area contributed by atoms with Gasteiger partial charge in [-0.25, -0.2) is 0 Å². The fourth-order valence-corrected chi connectivity index (χ4v) is 6.52. The zero-order chi connectivity index (χ0) is 42.3. The number of hydrogen-bond donors (Lipinski definition) is 6. The van der Waals surface area contributed by atoms with Crippen LogP contribution < -0.4 is 10.6 Å². The van der Waals surface area contributed by atoms with Gasteiger partial charge in [-0.15, -0.1) is 0 Å². The molecule has 2 atom stereocenters. The molecule has 0 aromatic rings. The zero-order valence-corrected chi connectivity index (χ0v) is 33.9. The average molecular weight is 817 g/mol. The number of allylic oxidation sites excluding steroid dienone is 2. The maximum atomic E-state index is 12.7. The number of ether oxygens (including phenoxy) is 3. The Bertz CT molecular complexity index is 1180. The summed E-state index contributed by atoms with van der Waals surface area (Å²) in [4.78, 5) is 78.8. The van der Waals surface area contributed by atoms with E-state index >= 15 is 0 Å². The summed E-state index contributed by atoms with van der Waals surface area (Å²) in [5.41, 5.74) is -0.345. The number of hydrogen-bond acceptors (Lipinski definition) is 14. The van der Waals surface area contributed by atoms with Gasteiger partial charge in [0.2, 0.25) is 11.8 Å². The Labute approximate surface area is 336 Å². The van der Waals surface area contributed by atoms with Crippen LogP contribution in [0.15, 0.2) is 12.2 Å². The Morgan fingerprint density at radius 2 is 1.19 bits per heavy atom. The van der Waals surface area contributed by atoms with Gasteiger partial charge in [-0.1, -0.05) is 19.1 Å². The van der Waals surface area contributed by atoms with Crippen molar-refractivity contribution in [1.82, 2.24) is 30.2 Å². The minimum absolute atomic E-state index is 0.00746. The van der Waals surface area contributed by atoms with Gasteiger partial charge in [0.05, 0.1) is 59.3 Å². The second-order valence-electron chi connectivity index (χ2n) is 14.1. The van der Waals surface area contributed by atoms with Crippen molar-refractivity contribution >= 4 is 36.0 Å². The van der Waals surface area contributed by atoms with Crippen molar-refractivity contribution in [3.8, 4) is 0 Å². The van der Waals surface area contributed by atoms with Crippen molar-refractivity contribution in [3.63, 3.8) is 0 Å². The third-order valence-electron chi connectivity index (χ3n) is 9.81. The number of amides is 2. The van der Waals surface area contributed by atoms with Crippen LogP contribution in [0, 0.1) is 5.41 Å². The Kier molecular flexibility index (Phi) is 28.4. The fraction of sp³-hybridized carbons (Fsp3) is 0.789. The summed E-state index contributed by atoms with van der Waals surface area (Å²) in [7, 11) is 1.00. The van der Waals surface area contributed by atoms with E-state index in [2.05, 4.69) is 22.8 Å². The van der Waals surface area contributed by atoms with Gasteiger partial charge in [0.25, 0.3) is 0 Å². The summed E-state index contributed by atoms with van der Waals surface area (Å²) in [6.07, 6.45) is 9.66. The Morgan fingerprint density at radius 1 is 0.702 bits per heavy atom. The maximum Gasteiger partial charge on any atom is 0.320 e. The summed E-state index contributed by atoms with van der Waals surface area (Å²) in [6, 6.07) is -1.06. The summed E-state index contributed by atoms with van der Waals surface area (Å²) in [6.45, 7) is 6.50. The quantitative estimate of drug-likeness (QED) is 0.0398. The molecule has 328 valence electrons. The van der Waals surface area contributed by atoms with Gasteiger partial charge >= 0.3 is 17.9 Å². The number of carbonyl (C=O) groups excluding carboxylic acids is 3. The lowest BCUT2D eigenvalue weighted by Crippen LogP contribution is -2.51. The second-order valence-corrected chi connectivity index (χ2v) is 14.1. The van der Waals surface area contributed by atoms with Crippen molar-refractivity contribution in [2.45, 2.75) is 57.9 Å². The van der Waals surface area contributed by atoms with E-state index < -0.39 is 23.9 Å². The standard InChI is InChI=1S/C37H64N6O12.CH4O/c1-37(9-5-3-2-4-6-10-37)36(52)39-12-24-54-26-28-55-27-25-53-23-11-38-32(45)8-7-31(35(50)51)43-19-17-41(29-33(46)47)15-13-40(21-22-44)14-16-42(18-20-43)30-34(48)49;1-2/h2-3,22,31H,4-21,23-30H2,1H3,(H,38,45)(H,39,52)(H,46,47)(H,48,49)(H,50,51);2H,1H3/b3-2+;/t31?,37-;/m1./s1. The molecule has 1 fully saturated rings. The van der Waals surface area contributed by atoms with Gasteiger partial charge in [-0.05, 0) is 38.5 Å². The second kappa shape index (κ2) is 31.4. The summed E-state index contributed by atoms with van der Waals surface area (Å²) < 4.78 is 16.6. The molecule has 6 N–H and O–H groups in total. The van der Waals surface area contributed by atoms with Gasteiger partial charge in [0, 0.05) is 84.4 Å². The van der Waals surface area contributed by atoms with Crippen LogP contribution in [0.5, 0.6) is 0 Å². The van der Waals surface area contributed by atoms with Gasteiger partial charge in [-0.3, -0.25) is 43.6 Å². The Balaban J connectivity index is 0.00000799. The van der Waals surface area contributed by atoms with Gasteiger partial charge in [0.15, 0.2) is 0 Å². The monoisotopic (exact) mass is 816 g/mol. The Hall–Kier alpha value is -3.56. The molecule has 2 amide bonds. The van der Waals surface area contributed by atoms with Gasteiger partial charge in [0.1, 0.15) is 12.3 Å². The van der Waals surface area contributed by atoms with E-state index in [-0.39, 0.29) is 89.0 Å². The fourth-order valence-electron chi connectivity index (χ4n) is 6.52. The molecule has 2 rings (SSSR count). The predicted octanol–water partition coefficient (Wildman–Crippen LogP) is -0.773. The van der Waals surface area contributed by atoms with E-state index in [1.165, 1.54) is 0 Å². The van der Waals surface area contributed by atoms with Crippen LogP contribution in [0.25, 0.3) is 0 Å². The number of aliphatic hydroxyl groups excluding tert-OH is 1. The summed E-state index contributed by atoms with van der Waals surface area (Å²) in [5.74, 6) is -3.49. The molecule has 1 aliphatic heterocycles. The molecule has 1 saturated heterocycles. The number of aliphatic carboxylic acids is 3. The van der Waals surface area contributed by atoms with Crippen LogP contribution in [-0.2, 0) is 43.0 Å². The molecular weight excluding hydrogens is 748 g/mol. The third kappa shape index (κ3) is 24.1. The molecule has 57 heavy (non-hydrogen) atoms. The van der Waals surface area contributed by atoms with Crippen LogP contribution in [0.2, 0.25) is 0 Å². The molecule has 1 heterocycles. The first-order chi connectivity index (χ1) is 27.4. The first-order valence-corrected chi connectivity index (χ1v) is 19.8. The number of aldehydes is 1. The van der Waals surface area contributed by atoms with E-state index in [9.17, 15) is 44.1 Å². The number of rotatable bonds is 24. The molecule has 0 aromatic carbocycles. The largest absolute Gasteiger partial charge is 0.480 e. The number of carboxylic acids is 3. The number of carbonyl (C=O) groups is 6. The highest BCUT2D eigenvalue weighted by atomic mass is 16.5.